The Morgan fingerprint density at radius 3 is 2.68 bits per heavy atom. The summed E-state index contributed by atoms with van der Waals surface area (Å²) < 4.78 is 0. The molecule has 108 valence electrons. The zero-order chi connectivity index (χ0) is 14.5. The van der Waals surface area contributed by atoms with Gasteiger partial charge >= 0.3 is 12.0 Å². The van der Waals surface area contributed by atoms with Crippen LogP contribution in [0.15, 0.2) is 0 Å². The quantitative estimate of drug-likeness (QED) is 0.567. The molecule has 1 aliphatic heterocycles. The zero-order valence-corrected chi connectivity index (χ0v) is 11.3. The fourth-order valence-corrected chi connectivity index (χ4v) is 1.72. The first-order chi connectivity index (χ1) is 8.87. The highest BCUT2D eigenvalue weighted by atomic mass is 16.4. The van der Waals surface area contributed by atoms with Gasteiger partial charge in [-0.15, -0.1) is 0 Å². The number of carboxylic acids is 1. The van der Waals surface area contributed by atoms with Crippen LogP contribution in [0.5, 0.6) is 0 Å². The summed E-state index contributed by atoms with van der Waals surface area (Å²) in [5.41, 5.74) is -0.960. The minimum Gasteiger partial charge on any atom is -0.481 e. The van der Waals surface area contributed by atoms with E-state index in [1.54, 1.807) is 13.8 Å². The molecule has 2 unspecified atom stereocenters. The second kappa shape index (κ2) is 6.40. The summed E-state index contributed by atoms with van der Waals surface area (Å²) in [6.45, 7) is 3.85. The maximum atomic E-state index is 11.7. The van der Waals surface area contributed by atoms with E-state index in [0.717, 1.165) is 0 Å². The van der Waals surface area contributed by atoms with E-state index in [0.29, 0.717) is 25.8 Å². The molecule has 1 rings (SSSR count). The molecule has 7 nitrogen and oxygen atoms in total. The molecule has 0 saturated carbocycles. The number of aliphatic carboxylic acids is 1. The highest BCUT2D eigenvalue weighted by Gasteiger charge is 2.31. The van der Waals surface area contributed by atoms with Crippen LogP contribution in [0.4, 0.5) is 4.79 Å². The van der Waals surface area contributed by atoms with Crippen molar-refractivity contribution in [3.8, 4) is 0 Å². The summed E-state index contributed by atoms with van der Waals surface area (Å²) in [5, 5.41) is 17.0. The van der Waals surface area contributed by atoms with E-state index in [4.69, 9.17) is 5.11 Å². The zero-order valence-electron chi connectivity index (χ0n) is 11.3. The van der Waals surface area contributed by atoms with Crippen molar-refractivity contribution in [2.75, 3.05) is 13.1 Å². The molecular formula is C12H21N3O4. The summed E-state index contributed by atoms with van der Waals surface area (Å²) in [6, 6.07) is -0.502. The Balaban J connectivity index is 2.35. The second-order valence-electron chi connectivity index (χ2n) is 5.09. The van der Waals surface area contributed by atoms with Gasteiger partial charge < -0.3 is 21.1 Å². The SMILES string of the molecule is CCC(C)(CNC(=O)NC1CCC(=O)NC1)C(=O)O. The first-order valence-electron chi connectivity index (χ1n) is 6.42. The van der Waals surface area contributed by atoms with Gasteiger partial charge in [-0.3, -0.25) is 9.59 Å². The van der Waals surface area contributed by atoms with Crippen LogP contribution in [0.25, 0.3) is 0 Å². The minimum absolute atomic E-state index is 0.0112. The third-order valence-corrected chi connectivity index (χ3v) is 3.54. The van der Waals surface area contributed by atoms with E-state index in [9.17, 15) is 14.4 Å². The van der Waals surface area contributed by atoms with Crippen LogP contribution in [0.2, 0.25) is 0 Å². The number of carboxylic acid groups (broad SMARTS) is 1. The van der Waals surface area contributed by atoms with Crippen LogP contribution in [-0.2, 0) is 9.59 Å². The van der Waals surface area contributed by atoms with E-state index in [1.165, 1.54) is 0 Å². The first kappa shape index (κ1) is 15.3. The van der Waals surface area contributed by atoms with Gasteiger partial charge in [0.2, 0.25) is 5.91 Å². The summed E-state index contributed by atoms with van der Waals surface area (Å²) in [5.74, 6) is -0.942. The summed E-state index contributed by atoms with van der Waals surface area (Å²) in [7, 11) is 0. The molecule has 0 radical (unpaired) electrons. The van der Waals surface area contributed by atoms with Crippen LogP contribution < -0.4 is 16.0 Å². The summed E-state index contributed by atoms with van der Waals surface area (Å²) in [4.78, 5) is 33.7. The van der Waals surface area contributed by atoms with E-state index in [1.807, 2.05) is 0 Å². The highest BCUT2D eigenvalue weighted by molar-refractivity contribution is 5.79. The Bertz CT molecular complexity index is 362. The number of piperidine rings is 1. The summed E-state index contributed by atoms with van der Waals surface area (Å²) >= 11 is 0. The third-order valence-electron chi connectivity index (χ3n) is 3.54. The van der Waals surface area contributed by atoms with Crippen molar-refractivity contribution in [2.24, 2.45) is 5.41 Å². The van der Waals surface area contributed by atoms with Crippen molar-refractivity contribution in [1.29, 1.82) is 0 Å². The Morgan fingerprint density at radius 2 is 2.21 bits per heavy atom. The van der Waals surface area contributed by atoms with Crippen LogP contribution in [0.1, 0.15) is 33.1 Å². The first-order valence-corrected chi connectivity index (χ1v) is 6.42. The van der Waals surface area contributed by atoms with Gasteiger partial charge in [0.1, 0.15) is 0 Å². The molecule has 4 N–H and O–H groups in total. The molecular weight excluding hydrogens is 250 g/mol. The molecule has 2 atom stereocenters. The number of hydrogen-bond acceptors (Lipinski definition) is 3. The Labute approximate surface area is 112 Å². The number of nitrogens with one attached hydrogen (secondary N) is 3. The van der Waals surface area contributed by atoms with Crippen molar-refractivity contribution in [2.45, 2.75) is 39.2 Å². The van der Waals surface area contributed by atoms with Gasteiger partial charge in [0.25, 0.3) is 0 Å². The molecule has 0 aromatic carbocycles. The Morgan fingerprint density at radius 1 is 1.53 bits per heavy atom. The van der Waals surface area contributed by atoms with E-state index < -0.39 is 17.4 Å². The standard InChI is InChI=1S/C12H21N3O4/c1-3-12(2,10(17)18)7-14-11(19)15-8-4-5-9(16)13-6-8/h8H,3-7H2,1-2H3,(H,13,16)(H,17,18)(H2,14,15,19). The van der Waals surface area contributed by atoms with Crippen LogP contribution in [-0.4, -0.2) is 42.1 Å². The molecule has 7 heteroatoms. The average Bonchev–Trinajstić information content (AvgIpc) is 2.38. The van der Waals surface area contributed by atoms with Crippen LogP contribution in [0, 0.1) is 5.41 Å². The van der Waals surface area contributed by atoms with Crippen molar-refractivity contribution in [1.82, 2.24) is 16.0 Å². The molecule has 0 aromatic rings. The van der Waals surface area contributed by atoms with Crippen molar-refractivity contribution in [3.63, 3.8) is 0 Å². The van der Waals surface area contributed by atoms with Crippen LogP contribution in [0.3, 0.4) is 0 Å². The summed E-state index contributed by atoms with van der Waals surface area (Å²) in [6.07, 6.45) is 1.43. The lowest BCUT2D eigenvalue weighted by molar-refractivity contribution is -0.147. The van der Waals surface area contributed by atoms with Gasteiger partial charge in [-0.05, 0) is 19.8 Å². The van der Waals surface area contributed by atoms with Gasteiger partial charge in [0.15, 0.2) is 0 Å². The molecule has 19 heavy (non-hydrogen) atoms. The smallest absolute Gasteiger partial charge is 0.315 e. The number of amides is 3. The van der Waals surface area contributed by atoms with Gasteiger partial charge in [0, 0.05) is 25.6 Å². The number of hydrogen-bond donors (Lipinski definition) is 4. The maximum absolute atomic E-state index is 11.7. The topological polar surface area (TPSA) is 108 Å². The molecule has 3 amide bonds. The van der Waals surface area contributed by atoms with Gasteiger partial charge in [0.05, 0.1) is 5.41 Å². The molecule has 0 spiro atoms. The van der Waals surface area contributed by atoms with Crippen molar-refractivity contribution in [3.05, 3.63) is 0 Å². The normalized spacial score (nSPS) is 22.0. The fraction of sp³-hybridized carbons (Fsp3) is 0.750. The highest BCUT2D eigenvalue weighted by Crippen LogP contribution is 2.19. The number of urea groups is 1. The monoisotopic (exact) mass is 271 g/mol. The van der Waals surface area contributed by atoms with E-state index >= 15 is 0 Å². The lowest BCUT2D eigenvalue weighted by Gasteiger charge is -2.26. The molecule has 1 fully saturated rings. The number of carbonyl (C=O) groups is 3. The fourth-order valence-electron chi connectivity index (χ4n) is 1.72. The minimum atomic E-state index is -0.960. The largest absolute Gasteiger partial charge is 0.481 e. The molecule has 1 heterocycles. The number of rotatable bonds is 5. The Kier molecular flexibility index (Phi) is 5.14. The second-order valence-corrected chi connectivity index (χ2v) is 5.09. The molecule has 0 aliphatic carbocycles. The van der Waals surface area contributed by atoms with Gasteiger partial charge in [-0.2, -0.15) is 0 Å². The molecule has 0 bridgehead atoms. The van der Waals surface area contributed by atoms with E-state index in [2.05, 4.69) is 16.0 Å². The average molecular weight is 271 g/mol. The lowest BCUT2D eigenvalue weighted by atomic mass is 9.88. The Hall–Kier alpha value is -1.79. The number of carbonyl (C=O) groups excluding carboxylic acids is 2. The van der Waals surface area contributed by atoms with Gasteiger partial charge in [-0.25, -0.2) is 4.79 Å². The maximum Gasteiger partial charge on any atom is 0.315 e. The van der Waals surface area contributed by atoms with E-state index in [-0.39, 0.29) is 18.5 Å². The van der Waals surface area contributed by atoms with Crippen molar-refractivity contribution >= 4 is 17.9 Å². The molecule has 0 aromatic heterocycles. The molecule has 1 aliphatic rings. The predicted molar refractivity (Wildman–Crippen MR) is 68.6 cm³/mol. The molecule has 1 saturated heterocycles. The third kappa shape index (κ3) is 4.42. The van der Waals surface area contributed by atoms with Crippen molar-refractivity contribution < 1.29 is 19.5 Å². The van der Waals surface area contributed by atoms with Gasteiger partial charge in [-0.1, -0.05) is 6.92 Å². The van der Waals surface area contributed by atoms with Crippen LogP contribution >= 0.6 is 0 Å². The predicted octanol–water partition coefficient (Wildman–Crippen LogP) is 0.0651. The lowest BCUT2D eigenvalue weighted by Crippen LogP contribution is -2.52.